The molecule has 0 aliphatic heterocycles. The number of aliphatic imine (C=N–C) groups is 1. The van der Waals surface area contributed by atoms with Gasteiger partial charge in [-0.05, 0) is 30.7 Å². The molecule has 0 fully saturated rings. The highest BCUT2D eigenvalue weighted by atomic mass is 35.5. The average Bonchev–Trinajstić information content (AvgIpc) is 3.17. The lowest BCUT2D eigenvalue weighted by atomic mass is 10.2. The van der Waals surface area contributed by atoms with E-state index >= 15 is 0 Å². The van der Waals surface area contributed by atoms with Crippen LogP contribution in [0.25, 0.3) is 10.4 Å². The second-order valence-electron chi connectivity index (χ2n) is 6.89. The van der Waals surface area contributed by atoms with Crippen LogP contribution in [0.2, 0.25) is 5.15 Å². The maximum atomic E-state index is 12.7. The van der Waals surface area contributed by atoms with Crippen molar-refractivity contribution in [2.24, 2.45) is 4.99 Å². The zero-order valence-electron chi connectivity index (χ0n) is 17.1. The van der Waals surface area contributed by atoms with Gasteiger partial charge in [0.1, 0.15) is 0 Å². The van der Waals surface area contributed by atoms with E-state index in [1.165, 1.54) is 29.0 Å². The zero-order valence-corrected chi connectivity index (χ0v) is 19.5. The number of aryl methyl sites for hydroxylation is 1. The third-order valence-corrected chi connectivity index (χ3v) is 7.35. The van der Waals surface area contributed by atoms with Crippen molar-refractivity contribution in [1.82, 2.24) is 9.97 Å². The highest BCUT2D eigenvalue weighted by Crippen LogP contribution is 2.36. The first-order valence-corrected chi connectivity index (χ1v) is 12.4. The molecule has 0 spiro atoms. The summed E-state index contributed by atoms with van der Waals surface area (Å²) in [5.74, 6) is 0. The molecule has 0 radical (unpaired) electrons. The standard InChI is InChI=1S/C23H19ClN4O2S2/c1-16-21(31-23(27-16)25-13-12-17-8-4-2-5-9-17)18-14-20(22(24)26-15-18)28-32(29,30)19-10-6-3-7-11-19/h2-11,13-15,28H,12H2,1H3. The highest BCUT2D eigenvalue weighted by molar-refractivity contribution is 7.92. The van der Waals surface area contributed by atoms with Gasteiger partial charge < -0.3 is 0 Å². The molecule has 2 aromatic carbocycles. The van der Waals surface area contributed by atoms with Crippen molar-refractivity contribution in [3.8, 4) is 10.4 Å². The first-order valence-electron chi connectivity index (χ1n) is 9.70. The first-order chi connectivity index (χ1) is 15.4. The quantitative estimate of drug-likeness (QED) is 0.262. The molecule has 9 heteroatoms. The summed E-state index contributed by atoms with van der Waals surface area (Å²) in [6, 6.07) is 19.8. The van der Waals surface area contributed by atoms with Gasteiger partial charge in [-0.1, -0.05) is 71.5 Å². The predicted molar refractivity (Wildman–Crippen MR) is 131 cm³/mol. The third-order valence-electron chi connectivity index (χ3n) is 4.56. The summed E-state index contributed by atoms with van der Waals surface area (Å²) >= 11 is 7.58. The van der Waals surface area contributed by atoms with E-state index in [1.54, 1.807) is 30.5 Å². The van der Waals surface area contributed by atoms with E-state index in [-0.39, 0.29) is 15.7 Å². The normalized spacial score (nSPS) is 11.7. The minimum atomic E-state index is -3.79. The van der Waals surface area contributed by atoms with Crippen LogP contribution in [0.1, 0.15) is 11.3 Å². The van der Waals surface area contributed by atoms with Crippen molar-refractivity contribution >= 4 is 50.0 Å². The van der Waals surface area contributed by atoms with Gasteiger partial charge in [0.25, 0.3) is 10.0 Å². The van der Waals surface area contributed by atoms with Crippen LogP contribution in [0.4, 0.5) is 10.8 Å². The number of hydrogen-bond acceptors (Lipinski definition) is 6. The number of anilines is 1. The number of benzene rings is 2. The van der Waals surface area contributed by atoms with E-state index in [1.807, 2.05) is 43.5 Å². The minimum Gasteiger partial charge on any atom is -0.276 e. The number of aromatic nitrogens is 2. The Hall–Kier alpha value is -3.07. The van der Waals surface area contributed by atoms with Gasteiger partial charge in [0.2, 0.25) is 5.13 Å². The topological polar surface area (TPSA) is 84.3 Å². The zero-order chi connectivity index (χ0) is 22.6. The van der Waals surface area contributed by atoms with Crippen molar-refractivity contribution in [2.45, 2.75) is 18.2 Å². The van der Waals surface area contributed by atoms with E-state index in [0.29, 0.717) is 17.1 Å². The fourth-order valence-electron chi connectivity index (χ4n) is 3.00. The Morgan fingerprint density at radius 2 is 1.78 bits per heavy atom. The van der Waals surface area contributed by atoms with Crippen LogP contribution in [-0.2, 0) is 16.4 Å². The molecule has 6 nitrogen and oxygen atoms in total. The second kappa shape index (κ2) is 9.60. The monoisotopic (exact) mass is 482 g/mol. The molecule has 0 aliphatic rings. The number of pyridine rings is 1. The fraction of sp³-hybridized carbons (Fsp3) is 0.0870. The van der Waals surface area contributed by atoms with Gasteiger partial charge in [0.15, 0.2) is 5.15 Å². The number of hydrogen-bond donors (Lipinski definition) is 1. The Kier molecular flexibility index (Phi) is 6.64. The Labute approximate surface area is 195 Å². The summed E-state index contributed by atoms with van der Waals surface area (Å²) < 4.78 is 27.9. The number of thiazole rings is 1. The number of sulfonamides is 1. The van der Waals surface area contributed by atoms with E-state index < -0.39 is 10.0 Å². The average molecular weight is 483 g/mol. The molecule has 0 aliphatic carbocycles. The molecule has 0 bridgehead atoms. The van der Waals surface area contributed by atoms with Crippen molar-refractivity contribution in [3.63, 3.8) is 0 Å². The fourth-order valence-corrected chi connectivity index (χ4v) is 5.20. The summed E-state index contributed by atoms with van der Waals surface area (Å²) in [4.78, 5) is 14.1. The molecule has 1 N–H and O–H groups in total. The first kappa shape index (κ1) is 22.1. The van der Waals surface area contributed by atoms with Gasteiger partial charge in [0, 0.05) is 24.4 Å². The Morgan fingerprint density at radius 3 is 2.50 bits per heavy atom. The van der Waals surface area contributed by atoms with Crippen LogP contribution in [0.3, 0.4) is 0 Å². The van der Waals surface area contributed by atoms with Crippen LogP contribution in [0.5, 0.6) is 0 Å². The van der Waals surface area contributed by atoms with Gasteiger partial charge >= 0.3 is 0 Å². The van der Waals surface area contributed by atoms with E-state index in [2.05, 4.69) is 19.7 Å². The molecule has 162 valence electrons. The SMILES string of the molecule is Cc1nc(N=CCc2ccccc2)sc1-c1cnc(Cl)c(NS(=O)(=O)c2ccccc2)c1. The Morgan fingerprint density at radius 1 is 1.09 bits per heavy atom. The molecule has 0 unspecified atom stereocenters. The summed E-state index contributed by atoms with van der Waals surface area (Å²) in [5.41, 5.74) is 2.86. The molecular formula is C23H19ClN4O2S2. The molecule has 2 aromatic heterocycles. The van der Waals surface area contributed by atoms with Crippen molar-refractivity contribution in [2.75, 3.05) is 4.72 Å². The van der Waals surface area contributed by atoms with Crippen molar-refractivity contribution in [3.05, 3.63) is 89.3 Å². The van der Waals surface area contributed by atoms with Gasteiger partial charge in [-0.15, -0.1) is 0 Å². The molecule has 4 aromatic rings. The summed E-state index contributed by atoms with van der Waals surface area (Å²) in [7, 11) is -3.79. The lowest BCUT2D eigenvalue weighted by molar-refractivity contribution is 0.601. The largest absolute Gasteiger partial charge is 0.276 e. The molecule has 0 saturated carbocycles. The van der Waals surface area contributed by atoms with Crippen LogP contribution in [0.15, 0.2) is 82.8 Å². The van der Waals surface area contributed by atoms with E-state index in [9.17, 15) is 8.42 Å². The van der Waals surface area contributed by atoms with Crippen molar-refractivity contribution < 1.29 is 8.42 Å². The van der Waals surface area contributed by atoms with E-state index in [0.717, 1.165) is 10.6 Å². The lowest BCUT2D eigenvalue weighted by Gasteiger charge is -2.10. The van der Waals surface area contributed by atoms with Crippen LogP contribution >= 0.6 is 22.9 Å². The van der Waals surface area contributed by atoms with Crippen LogP contribution in [-0.4, -0.2) is 24.6 Å². The van der Waals surface area contributed by atoms with Gasteiger partial charge in [-0.3, -0.25) is 4.72 Å². The van der Waals surface area contributed by atoms with E-state index in [4.69, 9.17) is 11.6 Å². The van der Waals surface area contributed by atoms with Gasteiger partial charge in [-0.25, -0.2) is 23.4 Å². The summed E-state index contributed by atoms with van der Waals surface area (Å²) in [6.07, 6.45) is 4.14. The number of nitrogens with one attached hydrogen (secondary N) is 1. The number of nitrogens with zero attached hydrogens (tertiary/aromatic N) is 3. The minimum absolute atomic E-state index is 0.0662. The number of halogens is 1. The molecular weight excluding hydrogens is 464 g/mol. The van der Waals surface area contributed by atoms with Crippen LogP contribution in [0, 0.1) is 6.92 Å². The molecule has 2 heterocycles. The van der Waals surface area contributed by atoms with Gasteiger partial charge in [-0.2, -0.15) is 0 Å². The molecule has 4 rings (SSSR count). The van der Waals surface area contributed by atoms with Crippen molar-refractivity contribution in [1.29, 1.82) is 0 Å². The third kappa shape index (κ3) is 5.21. The highest BCUT2D eigenvalue weighted by Gasteiger charge is 2.18. The van der Waals surface area contributed by atoms with Gasteiger partial charge in [0.05, 0.1) is 21.2 Å². The Bertz CT molecular complexity index is 1360. The predicted octanol–water partition coefficient (Wildman–Crippen LogP) is 5.91. The molecule has 0 atom stereocenters. The Balaban J connectivity index is 1.57. The summed E-state index contributed by atoms with van der Waals surface area (Å²) in [5, 5.41) is 0.686. The molecule has 0 saturated heterocycles. The second-order valence-corrected chi connectivity index (χ2v) is 9.91. The summed E-state index contributed by atoms with van der Waals surface area (Å²) in [6.45, 7) is 1.88. The molecule has 0 amide bonds. The smallest absolute Gasteiger partial charge is 0.261 e. The van der Waals surface area contributed by atoms with Crippen LogP contribution < -0.4 is 4.72 Å². The maximum absolute atomic E-state index is 12.7. The maximum Gasteiger partial charge on any atom is 0.261 e. The molecule has 32 heavy (non-hydrogen) atoms. The lowest BCUT2D eigenvalue weighted by Crippen LogP contribution is -2.13. The number of rotatable bonds is 7.